The van der Waals surface area contributed by atoms with Gasteiger partial charge in [0.1, 0.15) is 6.54 Å². The Morgan fingerprint density at radius 1 is 0.923 bits per heavy atom. The summed E-state index contributed by atoms with van der Waals surface area (Å²) in [5.41, 5.74) is 1.77. The van der Waals surface area contributed by atoms with Crippen molar-refractivity contribution >= 4 is 29.2 Å². The summed E-state index contributed by atoms with van der Waals surface area (Å²) in [7, 11) is 0. The van der Waals surface area contributed by atoms with Crippen LogP contribution in [0.15, 0.2) is 48.5 Å². The molecule has 0 bridgehead atoms. The molecule has 1 N–H and O–H groups in total. The fourth-order valence-corrected chi connectivity index (χ4v) is 3.03. The van der Waals surface area contributed by atoms with Crippen molar-refractivity contribution in [2.75, 3.05) is 11.9 Å². The Kier molecular flexibility index (Phi) is 3.88. The van der Waals surface area contributed by atoms with Gasteiger partial charge in [0.15, 0.2) is 5.78 Å². The zero-order chi connectivity index (χ0) is 18.3. The third-order valence-electron chi connectivity index (χ3n) is 4.58. The fourth-order valence-electron chi connectivity index (χ4n) is 3.03. The Bertz CT molecular complexity index is 894. The van der Waals surface area contributed by atoms with E-state index in [1.807, 2.05) is 0 Å². The molecule has 6 heteroatoms. The van der Waals surface area contributed by atoms with Crippen LogP contribution >= 0.6 is 0 Å². The summed E-state index contributed by atoms with van der Waals surface area (Å²) >= 11 is 0. The Labute approximate surface area is 149 Å². The summed E-state index contributed by atoms with van der Waals surface area (Å²) in [4.78, 5) is 49.7. The average molecular weight is 348 g/mol. The molecule has 26 heavy (non-hydrogen) atoms. The van der Waals surface area contributed by atoms with E-state index in [1.165, 1.54) is 0 Å². The normalized spacial score (nSPS) is 15.8. The Morgan fingerprint density at radius 3 is 2.04 bits per heavy atom. The van der Waals surface area contributed by atoms with Crippen molar-refractivity contribution in [2.45, 2.75) is 12.8 Å². The van der Waals surface area contributed by atoms with Crippen LogP contribution in [-0.4, -0.2) is 34.9 Å². The van der Waals surface area contributed by atoms with Crippen LogP contribution in [0.3, 0.4) is 0 Å². The molecular formula is C20H16N2O4. The molecule has 1 saturated carbocycles. The fraction of sp³-hybridized carbons (Fsp3) is 0.200. The van der Waals surface area contributed by atoms with E-state index in [2.05, 4.69) is 5.32 Å². The van der Waals surface area contributed by atoms with Gasteiger partial charge in [-0.2, -0.15) is 0 Å². The van der Waals surface area contributed by atoms with Crippen LogP contribution in [0.4, 0.5) is 5.69 Å². The highest BCUT2D eigenvalue weighted by Gasteiger charge is 2.36. The van der Waals surface area contributed by atoms with Gasteiger partial charge in [-0.1, -0.05) is 12.1 Å². The molecule has 0 radical (unpaired) electrons. The van der Waals surface area contributed by atoms with E-state index < -0.39 is 17.7 Å². The van der Waals surface area contributed by atoms with Gasteiger partial charge < -0.3 is 5.32 Å². The molecule has 0 spiro atoms. The van der Waals surface area contributed by atoms with Crippen molar-refractivity contribution in [3.05, 3.63) is 65.2 Å². The number of Topliss-reactive ketones (excluding diaryl/α,β-unsaturated/α-hetero) is 1. The van der Waals surface area contributed by atoms with E-state index in [4.69, 9.17) is 0 Å². The number of benzene rings is 2. The van der Waals surface area contributed by atoms with Crippen LogP contribution in [0, 0.1) is 5.92 Å². The lowest BCUT2D eigenvalue weighted by Gasteiger charge is -2.13. The summed E-state index contributed by atoms with van der Waals surface area (Å²) in [5, 5.41) is 2.65. The molecule has 2 aromatic rings. The molecule has 1 aliphatic heterocycles. The minimum atomic E-state index is -0.472. The number of hydrogen-bond acceptors (Lipinski definition) is 4. The van der Waals surface area contributed by atoms with Crippen LogP contribution in [0.1, 0.15) is 43.9 Å². The number of amides is 3. The lowest BCUT2D eigenvalue weighted by atomic mass is 10.1. The Morgan fingerprint density at radius 2 is 1.50 bits per heavy atom. The topological polar surface area (TPSA) is 83.6 Å². The summed E-state index contributed by atoms with van der Waals surface area (Å²) in [6.07, 6.45) is 1.88. The van der Waals surface area contributed by atoms with E-state index in [0.29, 0.717) is 22.4 Å². The van der Waals surface area contributed by atoms with Crippen molar-refractivity contribution in [1.29, 1.82) is 0 Å². The number of nitrogens with one attached hydrogen (secondary N) is 1. The highest BCUT2D eigenvalue weighted by molar-refractivity contribution is 6.22. The highest BCUT2D eigenvalue weighted by Crippen LogP contribution is 2.32. The number of nitrogens with zero attached hydrogens (tertiary/aromatic N) is 1. The van der Waals surface area contributed by atoms with Crippen LogP contribution in [0.5, 0.6) is 0 Å². The Balaban J connectivity index is 1.41. The first kappa shape index (κ1) is 16.2. The van der Waals surface area contributed by atoms with Crippen molar-refractivity contribution in [1.82, 2.24) is 4.90 Å². The van der Waals surface area contributed by atoms with Crippen LogP contribution < -0.4 is 5.32 Å². The lowest BCUT2D eigenvalue weighted by molar-refractivity contribution is -0.116. The monoisotopic (exact) mass is 348 g/mol. The summed E-state index contributed by atoms with van der Waals surface area (Å²) < 4.78 is 0. The zero-order valence-corrected chi connectivity index (χ0v) is 13.9. The summed E-state index contributed by atoms with van der Waals surface area (Å²) in [6, 6.07) is 13.2. The minimum absolute atomic E-state index is 0.133. The maximum Gasteiger partial charge on any atom is 0.262 e. The third-order valence-corrected chi connectivity index (χ3v) is 4.58. The molecule has 0 unspecified atom stereocenters. The number of fused-ring (bicyclic) bond motifs is 1. The number of anilines is 1. The molecule has 130 valence electrons. The van der Waals surface area contributed by atoms with Crippen molar-refractivity contribution in [3.8, 4) is 0 Å². The van der Waals surface area contributed by atoms with E-state index in [0.717, 1.165) is 17.7 Å². The van der Waals surface area contributed by atoms with Gasteiger partial charge in [-0.15, -0.1) is 0 Å². The molecule has 0 aromatic heterocycles. The number of hydrogen-bond donors (Lipinski definition) is 1. The first-order chi connectivity index (χ1) is 12.5. The van der Waals surface area contributed by atoms with Crippen LogP contribution in [0.2, 0.25) is 0 Å². The van der Waals surface area contributed by atoms with E-state index in [1.54, 1.807) is 48.5 Å². The second-order valence-electron chi connectivity index (χ2n) is 6.51. The average Bonchev–Trinajstić information content (AvgIpc) is 3.47. The van der Waals surface area contributed by atoms with Gasteiger partial charge in [0.05, 0.1) is 11.1 Å². The van der Waals surface area contributed by atoms with Crippen LogP contribution in [-0.2, 0) is 4.79 Å². The molecule has 1 aliphatic carbocycles. The second kappa shape index (κ2) is 6.22. The smallest absolute Gasteiger partial charge is 0.262 e. The molecule has 4 rings (SSSR count). The predicted octanol–water partition coefficient (Wildman–Crippen LogP) is 2.51. The third kappa shape index (κ3) is 2.90. The number of ketones is 1. The van der Waals surface area contributed by atoms with Gasteiger partial charge in [0, 0.05) is 17.2 Å². The number of carbonyl (C=O) groups excluding carboxylic acids is 4. The molecule has 3 amide bonds. The molecule has 2 aliphatic rings. The maximum absolute atomic E-state index is 12.3. The van der Waals surface area contributed by atoms with Gasteiger partial charge in [0.2, 0.25) is 5.91 Å². The molecule has 2 aromatic carbocycles. The lowest BCUT2D eigenvalue weighted by Crippen LogP contribution is -2.37. The van der Waals surface area contributed by atoms with Gasteiger partial charge in [-0.05, 0) is 49.2 Å². The first-order valence-electron chi connectivity index (χ1n) is 8.44. The molecule has 0 atom stereocenters. The van der Waals surface area contributed by atoms with Gasteiger partial charge in [-0.3, -0.25) is 24.1 Å². The van der Waals surface area contributed by atoms with Gasteiger partial charge in [0.25, 0.3) is 11.8 Å². The maximum atomic E-state index is 12.3. The predicted molar refractivity (Wildman–Crippen MR) is 93.9 cm³/mol. The van der Waals surface area contributed by atoms with Crippen molar-refractivity contribution < 1.29 is 19.2 Å². The molecule has 0 saturated heterocycles. The van der Waals surface area contributed by atoms with E-state index in [-0.39, 0.29) is 18.2 Å². The molecule has 6 nitrogen and oxygen atoms in total. The SMILES string of the molecule is O=C(CN1C(=O)c2ccccc2C1=O)Nc1ccc(C(=O)C2CC2)cc1. The second-order valence-corrected chi connectivity index (χ2v) is 6.51. The zero-order valence-electron chi connectivity index (χ0n) is 13.9. The van der Waals surface area contributed by atoms with Gasteiger partial charge in [-0.25, -0.2) is 0 Å². The van der Waals surface area contributed by atoms with Crippen molar-refractivity contribution in [3.63, 3.8) is 0 Å². The molecule has 1 fully saturated rings. The van der Waals surface area contributed by atoms with E-state index >= 15 is 0 Å². The number of imide groups is 1. The van der Waals surface area contributed by atoms with Crippen molar-refractivity contribution in [2.24, 2.45) is 5.92 Å². The number of carbonyl (C=O) groups is 4. The minimum Gasteiger partial charge on any atom is -0.325 e. The summed E-state index contributed by atoms with van der Waals surface area (Å²) in [6.45, 7) is -0.352. The quantitative estimate of drug-likeness (QED) is 0.665. The van der Waals surface area contributed by atoms with Crippen LogP contribution in [0.25, 0.3) is 0 Å². The summed E-state index contributed by atoms with van der Waals surface area (Å²) in [5.74, 6) is -1.13. The standard InChI is InChI=1S/C20H16N2O4/c23-17(11-22-19(25)15-3-1-2-4-16(15)20(22)26)21-14-9-7-13(8-10-14)18(24)12-5-6-12/h1-4,7-10,12H,5-6,11H2,(H,21,23). The largest absolute Gasteiger partial charge is 0.325 e. The molecular weight excluding hydrogens is 332 g/mol. The Hall–Kier alpha value is -3.28. The number of rotatable bonds is 5. The highest BCUT2D eigenvalue weighted by atomic mass is 16.2. The first-order valence-corrected chi connectivity index (χ1v) is 8.44. The van der Waals surface area contributed by atoms with E-state index in [9.17, 15) is 19.2 Å². The molecule has 1 heterocycles. The van der Waals surface area contributed by atoms with Gasteiger partial charge >= 0.3 is 0 Å².